The molecule has 1 aliphatic carbocycles. The van der Waals surface area contributed by atoms with Crippen molar-refractivity contribution in [2.45, 2.75) is 37.8 Å². The van der Waals surface area contributed by atoms with Crippen LogP contribution < -0.4 is 10.1 Å². The van der Waals surface area contributed by atoms with Gasteiger partial charge < -0.3 is 10.1 Å². The Bertz CT molecular complexity index is 331. The Labute approximate surface area is 94.2 Å². The van der Waals surface area contributed by atoms with Crippen molar-refractivity contribution in [2.24, 2.45) is 0 Å². The number of nitrogens with one attached hydrogen (secondary N) is 1. The van der Waals surface area contributed by atoms with Crippen molar-refractivity contribution < 1.29 is 9.13 Å². The monoisotopic (exact) mass is 225 g/mol. The second kappa shape index (κ2) is 5.21. The van der Waals surface area contributed by atoms with Gasteiger partial charge in [0.15, 0.2) is 5.82 Å². The van der Waals surface area contributed by atoms with Crippen LogP contribution >= 0.6 is 0 Å². The van der Waals surface area contributed by atoms with Crippen LogP contribution in [0.15, 0.2) is 12.4 Å². The van der Waals surface area contributed by atoms with E-state index in [9.17, 15) is 4.39 Å². The van der Waals surface area contributed by atoms with Gasteiger partial charge in [0.1, 0.15) is 6.10 Å². The maximum absolute atomic E-state index is 12.6. The highest BCUT2D eigenvalue weighted by atomic mass is 19.1. The molecule has 4 nitrogen and oxygen atoms in total. The summed E-state index contributed by atoms with van der Waals surface area (Å²) in [6, 6.07) is 0.593. The highest BCUT2D eigenvalue weighted by Crippen LogP contribution is 2.21. The Morgan fingerprint density at radius 3 is 2.69 bits per heavy atom. The van der Waals surface area contributed by atoms with Gasteiger partial charge >= 0.3 is 6.01 Å². The molecule has 1 heterocycles. The Hall–Kier alpha value is -1.23. The molecule has 0 bridgehead atoms. The molecule has 2 atom stereocenters. The molecule has 2 unspecified atom stereocenters. The fraction of sp³-hybridized carbons (Fsp3) is 0.636. The normalized spacial score (nSPS) is 25.4. The predicted molar refractivity (Wildman–Crippen MR) is 57.7 cm³/mol. The van der Waals surface area contributed by atoms with Crippen LogP contribution in [0, 0.1) is 5.82 Å². The lowest BCUT2D eigenvalue weighted by Gasteiger charge is -2.30. The molecule has 2 rings (SSSR count). The van der Waals surface area contributed by atoms with Gasteiger partial charge in [0, 0.05) is 6.04 Å². The van der Waals surface area contributed by atoms with Gasteiger partial charge in [0.25, 0.3) is 0 Å². The minimum Gasteiger partial charge on any atom is -0.458 e. The molecule has 0 aromatic carbocycles. The third kappa shape index (κ3) is 2.66. The summed E-state index contributed by atoms with van der Waals surface area (Å²) in [5.41, 5.74) is 0. The van der Waals surface area contributed by atoms with Gasteiger partial charge in [-0.1, -0.05) is 6.42 Å². The number of rotatable bonds is 3. The van der Waals surface area contributed by atoms with Crippen molar-refractivity contribution in [1.82, 2.24) is 15.3 Å². The van der Waals surface area contributed by atoms with Crippen LogP contribution in [0.25, 0.3) is 0 Å². The second-order valence-electron chi connectivity index (χ2n) is 4.02. The van der Waals surface area contributed by atoms with Gasteiger partial charge in [-0.3, -0.25) is 0 Å². The first-order chi connectivity index (χ1) is 7.79. The quantitative estimate of drug-likeness (QED) is 0.847. The largest absolute Gasteiger partial charge is 0.458 e. The van der Waals surface area contributed by atoms with Gasteiger partial charge in [-0.2, -0.15) is 0 Å². The molecule has 0 spiro atoms. The molecule has 5 heteroatoms. The maximum Gasteiger partial charge on any atom is 0.316 e. The molecular formula is C11H16FN3O. The lowest BCUT2D eigenvalue weighted by molar-refractivity contribution is 0.107. The summed E-state index contributed by atoms with van der Waals surface area (Å²) >= 11 is 0. The molecule has 0 radical (unpaired) electrons. The average Bonchev–Trinajstić information content (AvgIpc) is 2.33. The standard InChI is InChI=1S/C11H16FN3O/c1-13-9-4-2-3-5-10(9)16-11-14-6-8(12)7-15-11/h6-7,9-10,13H,2-5H2,1H3. The molecule has 0 aliphatic heterocycles. The lowest BCUT2D eigenvalue weighted by Crippen LogP contribution is -2.43. The molecule has 0 saturated heterocycles. The number of hydrogen-bond donors (Lipinski definition) is 1. The van der Waals surface area contributed by atoms with Gasteiger partial charge in [0.2, 0.25) is 0 Å². The van der Waals surface area contributed by atoms with E-state index in [2.05, 4.69) is 15.3 Å². The average molecular weight is 225 g/mol. The Morgan fingerprint density at radius 2 is 2.00 bits per heavy atom. The van der Waals surface area contributed by atoms with E-state index in [1.54, 1.807) is 0 Å². The third-order valence-corrected chi connectivity index (χ3v) is 2.93. The Morgan fingerprint density at radius 1 is 1.31 bits per heavy atom. The van der Waals surface area contributed by atoms with E-state index in [1.165, 1.54) is 6.42 Å². The minimum absolute atomic E-state index is 0.0872. The lowest BCUT2D eigenvalue weighted by atomic mass is 9.92. The number of halogens is 1. The number of ether oxygens (including phenoxy) is 1. The molecule has 1 N–H and O–H groups in total. The molecule has 0 amide bonds. The van der Waals surface area contributed by atoms with Crippen molar-refractivity contribution in [3.8, 4) is 6.01 Å². The van der Waals surface area contributed by atoms with Gasteiger partial charge in [-0.05, 0) is 26.3 Å². The molecule has 1 aromatic rings. The zero-order valence-corrected chi connectivity index (χ0v) is 9.32. The van der Waals surface area contributed by atoms with Gasteiger partial charge in [-0.15, -0.1) is 0 Å². The predicted octanol–water partition coefficient (Wildman–Crippen LogP) is 1.53. The number of hydrogen-bond acceptors (Lipinski definition) is 4. The van der Waals surface area contributed by atoms with E-state index >= 15 is 0 Å². The molecular weight excluding hydrogens is 209 g/mol. The first kappa shape index (κ1) is 11.3. The maximum atomic E-state index is 12.6. The fourth-order valence-electron chi connectivity index (χ4n) is 2.06. The number of aromatic nitrogens is 2. The first-order valence-corrected chi connectivity index (χ1v) is 5.61. The van der Waals surface area contributed by atoms with E-state index in [4.69, 9.17) is 4.74 Å². The highest BCUT2D eigenvalue weighted by Gasteiger charge is 2.25. The van der Waals surface area contributed by atoms with E-state index in [-0.39, 0.29) is 12.1 Å². The summed E-state index contributed by atoms with van der Waals surface area (Å²) in [6.07, 6.45) is 6.80. The van der Waals surface area contributed by atoms with Crippen LogP contribution in [0.4, 0.5) is 4.39 Å². The SMILES string of the molecule is CNC1CCCCC1Oc1ncc(F)cn1. The molecule has 16 heavy (non-hydrogen) atoms. The zero-order valence-electron chi connectivity index (χ0n) is 9.32. The highest BCUT2D eigenvalue weighted by molar-refractivity contribution is 4.98. The van der Waals surface area contributed by atoms with E-state index in [1.807, 2.05) is 7.05 Å². The summed E-state index contributed by atoms with van der Waals surface area (Å²) in [4.78, 5) is 7.61. The summed E-state index contributed by atoms with van der Waals surface area (Å²) in [6.45, 7) is 0. The summed E-state index contributed by atoms with van der Waals surface area (Å²) < 4.78 is 18.3. The topological polar surface area (TPSA) is 47.0 Å². The van der Waals surface area contributed by atoms with Crippen LogP contribution in [0.2, 0.25) is 0 Å². The summed E-state index contributed by atoms with van der Waals surface area (Å²) in [7, 11) is 1.93. The fourth-order valence-corrected chi connectivity index (χ4v) is 2.06. The summed E-state index contributed by atoms with van der Waals surface area (Å²) in [5, 5.41) is 3.23. The molecule has 1 aliphatic rings. The number of nitrogens with zero attached hydrogens (tertiary/aromatic N) is 2. The van der Waals surface area contributed by atoms with Crippen molar-refractivity contribution in [3.63, 3.8) is 0 Å². The van der Waals surface area contributed by atoms with Crippen LogP contribution in [-0.4, -0.2) is 29.2 Å². The molecule has 1 fully saturated rings. The first-order valence-electron chi connectivity index (χ1n) is 5.61. The van der Waals surface area contributed by atoms with Crippen LogP contribution in [-0.2, 0) is 0 Å². The summed E-state index contributed by atoms with van der Waals surface area (Å²) in [5.74, 6) is -0.443. The third-order valence-electron chi connectivity index (χ3n) is 2.93. The van der Waals surface area contributed by atoms with Crippen molar-refractivity contribution in [2.75, 3.05) is 7.05 Å². The Kier molecular flexibility index (Phi) is 3.66. The van der Waals surface area contributed by atoms with Crippen molar-refractivity contribution in [1.29, 1.82) is 0 Å². The van der Waals surface area contributed by atoms with Crippen LogP contribution in [0.3, 0.4) is 0 Å². The van der Waals surface area contributed by atoms with Crippen molar-refractivity contribution >= 4 is 0 Å². The van der Waals surface area contributed by atoms with E-state index < -0.39 is 5.82 Å². The molecule has 88 valence electrons. The number of likely N-dealkylation sites (N-methyl/N-ethyl adjacent to an activating group) is 1. The van der Waals surface area contributed by atoms with E-state index in [0.717, 1.165) is 31.7 Å². The zero-order chi connectivity index (χ0) is 11.4. The second-order valence-corrected chi connectivity index (χ2v) is 4.02. The van der Waals surface area contributed by atoms with Gasteiger partial charge in [-0.25, -0.2) is 14.4 Å². The van der Waals surface area contributed by atoms with Crippen LogP contribution in [0.1, 0.15) is 25.7 Å². The van der Waals surface area contributed by atoms with Crippen molar-refractivity contribution in [3.05, 3.63) is 18.2 Å². The van der Waals surface area contributed by atoms with Gasteiger partial charge in [0.05, 0.1) is 12.4 Å². The Balaban J connectivity index is 1.99. The van der Waals surface area contributed by atoms with Crippen LogP contribution in [0.5, 0.6) is 6.01 Å². The smallest absolute Gasteiger partial charge is 0.316 e. The molecule has 1 saturated carbocycles. The minimum atomic E-state index is -0.443. The molecule has 1 aromatic heterocycles. The van der Waals surface area contributed by atoms with E-state index in [0.29, 0.717) is 6.04 Å².